The summed E-state index contributed by atoms with van der Waals surface area (Å²) in [6, 6.07) is 1.76. The summed E-state index contributed by atoms with van der Waals surface area (Å²) < 4.78 is 0. The molecule has 0 radical (unpaired) electrons. The molecular formula is C12H20ClN3O2S. The summed E-state index contributed by atoms with van der Waals surface area (Å²) in [6.07, 6.45) is 0.329. The number of amides is 2. The minimum Gasteiger partial charge on any atom is -0.351 e. The summed E-state index contributed by atoms with van der Waals surface area (Å²) in [5.74, 6) is -0.0854. The quantitative estimate of drug-likeness (QED) is 0.789. The van der Waals surface area contributed by atoms with E-state index < -0.39 is 0 Å². The Morgan fingerprint density at radius 2 is 2.11 bits per heavy atom. The SMILES string of the molecule is CNCCN(C)C(=O)CCNC(=O)c1ccsc1.Cl. The van der Waals surface area contributed by atoms with Gasteiger partial charge in [-0.25, -0.2) is 0 Å². The minimum atomic E-state index is -0.123. The summed E-state index contributed by atoms with van der Waals surface area (Å²) >= 11 is 1.48. The molecule has 0 fully saturated rings. The van der Waals surface area contributed by atoms with Crippen molar-refractivity contribution < 1.29 is 9.59 Å². The van der Waals surface area contributed by atoms with Crippen molar-refractivity contribution in [2.75, 3.05) is 33.7 Å². The van der Waals surface area contributed by atoms with Gasteiger partial charge in [-0.15, -0.1) is 12.4 Å². The lowest BCUT2D eigenvalue weighted by Crippen LogP contribution is -2.35. The van der Waals surface area contributed by atoms with Crippen LogP contribution in [0.2, 0.25) is 0 Å². The van der Waals surface area contributed by atoms with E-state index in [2.05, 4.69) is 10.6 Å². The van der Waals surface area contributed by atoms with Gasteiger partial charge in [0, 0.05) is 44.0 Å². The summed E-state index contributed by atoms with van der Waals surface area (Å²) in [4.78, 5) is 24.9. The van der Waals surface area contributed by atoms with Gasteiger partial charge in [0.15, 0.2) is 0 Å². The van der Waals surface area contributed by atoms with E-state index in [1.54, 1.807) is 23.4 Å². The smallest absolute Gasteiger partial charge is 0.252 e. The van der Waals surface area contributed by atoms with Gasteiger partial charge in [0.05, 0.1) is 0 Å². The van der Waals surface area contributed by atoms with Gasteiger partial charge in [0.25, 0.3) is 5.91 Å². The number of hydrogen-bond donors (Lipinski definition) is 2. The fourth-order valence-corrected chi connectivity index (χ4v) is 2.01. The van der Waals surface area contributed by atoms with Crippen LogP contribution in [0.5, 0.6) is 0 Å². The molecule has 2 N–H and O–H groups in total. The number of thiophene rings is 1. The molecule has 0 atom stereocenters. The molecule has 0 saturated heterocycles. The molecule has 1 heterocycles. The molecule has 2 amide bonds. The Labute approximate surface area is 123 Å². The van der Waals surface area contributed by atoms with Crippen molar-refractivity contribution in [1.82, 2.24) is 15.5 Å². The molecular weight excluding hydrogens is 286 g/mol. The molecule has 0 aliphatic heterocycles. The van der Waals surface area contributed by atoms with Crippen molar-refractivity contribution in [1.29, 1.82) is 0 Å². The molecule has 1 aromatic heterocycles. The zero-order chi connectivity index (χ0) is 13.4. The highest BCUT2D eigenvalue weighted by molar-refractivity contribution is 7.08. The molecule has 0 spiro atoms. The molecule has 0 aromatic carbocycles. The van der Waals surface area contributed by atoms with Crippen molar-refractivity contribution >= 4 is 35.6 Å². The molecule has 0 saturated carbocycles. The molecule has 7 heteroatoms. The van der Waals surface area contributed by atoms with Gasteiger partial charge in [-0.05, 0) is 18.5 Å². The summed E-state index contributed by atoms with van der Waals surface area (Å²) in [6.45, 7) is 1.81. The van der Waals surface area contributed by atoms with E-state index in [0.717, 1.165) is 6.54 Å². The number of rotatable bonds is 7. The molecule has 108 valence electrons. The lowest BCUT2D eigenvalue weighted by atomic mass is 10.3. The zero-order valence-corrected chi connectivity index (χ0v) is 12.8. The van der Waals surface area contributed by atoms with Gasteiger partial charge in [-0.3, -0.25) is 9.59 Å². The van der Waals surface area contributed by atoms with Crippen LogP contribution in [0.15, 0.2) is 16.8 Å². The average Bonchev–Trinajstić information content (AvgIpc) is 2.89. The lowest BCUT2D eigenvalue weighted by Gasteiger charge is -2.16. The fraction of sp³-hybridized carbons (Fsp3) is 0.500. The monoisotopic (exact) mass is 305 g/mol. The number of hydrogen-bond acceptors (Lipinski definition) is 4. The summed E-state index contributed by atoms with van der Waals surface area (Å²) in [7, 11) is 3.61. The van der Waals surface area contributed by atoms with Gasteiger partial charge in [-0.2, -0.15) is 11.3 Å². The number of nitrogens with one attached hydrogen (secondary N) is 2. The first kappa shape index (κ1) is 17.9. The van der Waals surface area contributed by atoms with Crippen LogP contribution in [0.25, 0.3) is 0 Å². The zero-order valence-electron chi connectivity index (χ0n) is 11.1. The Hall–Kier alpha value is -1.11. The molecule has 0 aliphatic carbocycles. The number of carbonyl (C=O) groups is 2. The van der Waals surface area contributed by atoms with Crippen LogP contribution in [0.3, 0.4) is 0 Å². The Bertz CT molecular complexity index is 384. The van der Waals surface area contributed by atoms with E-state index in [1.165, 1.54) is 11.3 Å². The van der Waals surface area contributed by atoms with Crippen molar-refractivity contribution in [3.05, 3.63) is 22.4 Å². The predicted molar refractivity (Wildman–Crippen MR) is 80.1 cm³/mol. The second kappa shape index (κ2) is 9.77. The molecule has 1 rings (SSSR count). The number of carbonyl (C=O) groups excluding carboxylic acids is 2. The van der Waals surface area contributed by atoms with Gasteiger partial charge < -0.3 is 15.5 Å². The molecule has 0 aliphatic rings. The van der Waals surface area contributed by atoms with Crippen molar-refractivity contribution in [3.63, 3.8) is 0 Å². The first-order valence-electron chi connectivity index (χ1n) is 5.84. The average molecular weight is 306 g/mol. The minimum absolute atomic E-state index is 0. The molecule has 5 nitrogen and oxygen atoms in total. The van der Waals surface area contributed by atoms with Crippen LogP contribution in [-0.2, 0) is 4.79 Å². The van der Waals surface area contributed by atoms with Crippen molar-refractivity contribution in [2.45, 2.75) is 6.42 Å². The van der Waals surface area contributed by atoms with Gasteiger partial charge in [0.2, 0.25) is 5.91 Å². The molecule has 1 aromatic rings. The Balaban J connectivity index is 0.00000324. The van der Waals surface area contributed by atoms with Crippen LogP contribution in [0.1, 0.15) is 16.8 Å². The highest BCUT2D eigenvalue weighted by Crippen LogP contribution is 2.05. The van der Waals surface area contributed by atoms with Crippen LogP contribution in [0.4, 0.5) is 0 Å². The topological polar surface area (TPSA) is 61.4 Å². The molecule has 0 bridgehead atoms. The highest BCUT2D eigenvalue weighted by atomic mass is 35.5. The second-order valence-corrected chi connectivity index (χ2v) is 4.72. The van der Waals surface area contributed by atoms with Crippen molar-refractivity contribution in [3.8, 4) is 0 Å². The van der Waals surface area contributed by atoms with E-state index in [1.807, 2.05) is 12.4 Å². The van der Waals surface area contributed by atoms with E-state index in [9.17, 15) is 9.59 Å². The maximum atomic E-state index is 11.7. The van der Waals surface area contributed by atoms with Gasteiger partial charge in [-0.1, -0.05) is 0 Å². The van der Waals surface area contributed by atoms with E-state index in [-0.39, 0.29) is 24.2 Å². The third-order valence-corrected chi connectivity index (χ3v) is 3.21. The summed E-state index contributed by atoms with van der Waals surface area (Å²) in [5, 5.41) is 9.36. The van der Waals surface area contributed by atoms with E-state index in [0.29, 0.717) is 25.1 Å². The Morgan fingerprint density at radius 1 is 1.37 bits per heavy atom. The third-order valence-electron chi connectivity index (χ3n) is 2.53. The van der Waals surface area contributed by atoms with Crippen molar-refractivity contribution in [2.24, 2.45) is 0 Å². The van der Waals surface area contributed by atoms with Crippen LogP contribution in [-0.4, -0.2) is 50.4 Å². The maximum absolute atomic E-state index is 11.7. The Morgan fingerprint density at radius 3 is 2.68 bits per heavy atom. The predicted octanol–water partition coefficient (Wildman–Crippen LogP) is 0.968. The van der Waals surface area contributed by atoms with Gasteiger partial charge >= 0.3 is 0 Å². The van der Waals surface area contributed by atoms with Crippen LogP contribution in [0, 0.1) is 0 Å². The highest BCUT2D eigenvalue weighted by Gasteiger charge is 2.09. The van der Waals surface area contributed by atoms with Crippen LogP contribution < -0.4 is 10.6 Å². The molecule has 0 unspecified atom stereocenters. The maximum Gasteiger partial charge on any atom is 0.252 e. The largest absolute Gasteiger partial charge is 0.351 e. The number of nitrogens with zero attached hydrogens (tertiary/aromatic N) is 1. The van der Waals surface area contributed by atoms with E-state index >= 15 is 0 Å². The normalized spacial score (nSPS) is 9.58. The standard InChI is InChI=1S/C12H19N3O2S.ClH/c1-13-6-7-15(2)11(16)3-5-14-12(17)10-4-8-18-9-10;/h4,8-9,13H,3,5-7H2,1-2H3,(H,14,17);1H. The van der Waals surface area contributed by atoms with E-state index in [4.69, 9.17) is 0 Å². The first-order valence-corrected chi connectivity index (χ1v) is 6.78. The van der Waals surface area contributed by atoms with Crippen LogP contribution >= 0.6 is 23.7 Å². The second-order valence-electron chi connectivity index (χ2n) is 3.94. The Kier molecular flexibility index (Phi) is 9.20. The fourth-order valence-electron chi connectivity index (χ4n) is 1.37. The summed E-state index contributed by atoms with van der Waals surface area (Å²) in [5.41, 5.74) is 0.649. The molecule has 19 heavy (non-hydrogen) atoms. The number of halogens is 1. The first-order chi connectivity index (χ1) is 8.65. The van der Waals surface area contributed by atoms with Gasteiger partial charge in [0.1, 0.15) is 0 Å². The third kappa shape index (κ3) is 6.56. The number of likely N-dealkylation sites (N-methyl/N-ethyl adjacent to an activating group) is 2. The lowest BCUT2D eigenvalue weighted by molar-refractivity contribution is -0.129.